The van der Waals surface area contributed by atoms with Gasteiger partial charge in [0.2, 0.25) is 0 Å². The smallest absolute Gasteiger partial charge is 0.0589 e. The molecule has 0 spiro atoms. The summed E-state index contributed by atoms with van der Waals surface area (Å²) in [6, 6.07) is 5.90. The van der Waals surface area contributed by atoms with Gasteiger partial charge in [0.05, 0.1) is 11.4 Å². The highest BCUT2D eigenvalue weighted by Crippen LogP contribution is 2.28. The third kappa shape index (κ3) is 3.13. The Hall–Kier alpha value is -0.700. The molecule has 0 saturated heterocycles. The van der Waals surface area contributed by atoms with Crippen molar-refractivity contribution in [3.8, 4) is 0 Å². The largest absolute Gasteiger partial charge is 0.397 e. The van der Waals surface area contributed by atoms with Gasteiger partial charge in [-0.2, -0.15) is 0 Å². The fourth-order valence-electron chi connectivity index (χ4n) is 1.39. The van der Waals surface area contributed by atoms with E-state index in [2.05, 4.69) is 42.0 Å². The number of nitrogen functional groups attached to an aromatic ring is 1. The Morgan fingerprint density at radius 3 is 2.47 bits per heavy atom. The molecule has 84 valence electrons. The summed E-state index contributed by atoms with van der Waals surface area (Å²) in [5, 5.41) is 3.51. The Labute approximate surface area is 100 Å². The summed E-state index contributed by atoms with van der Waals surface area (Å²) in [5.74, 6) is 0. The maximum atomic E-state index is 5.92. The summed E-state index contributed by atoms with van der Waals surface area (Å²) in [7, 11) is 0. The van der Waals surface area contributed by atoms with Crippen molar-refractivity contribution in [2.75, 3.05) is 11.1 Å². The van der Waals surface area contributed by atoms with Crippen LogP contribution in [-0.2, 0) is 0 Å². The zero-order chi connectivity index (χ0) is 11.5. The molecule has 0 heterocycles. The van der Waals surface area contributed by atoms with E-state index in [1.807, 2.05) is 18.2 Å². The fourth-order valence-corrected chi connectivity index (χ4v) is 1.75. The number of anilines is 2. The van der Waals surface area contributed by atoms with Crippen molar-refractivity contribution >= 4 is 27.3 Å². The number of benzene rings is 1. The van der Waals surface area contributed by atoms with Crippen molar-refractivity contribution in [2.24, 2.45) is 0 Å². The highest BCUT2D eigenvalue weighted by molar-refractivity contribution is 9.10. The van der Waals surface area contributed by atoms with Gasteiger partial charge < -0.3 is 11.1 Å². The van der Waals surface area contributed by atoms with Gasteiger partial charge in [-0.15, -0.1) is 0 Å². The van der Waals surface area contributed by atoms with Gasteiger partial charge in [0, 0.05) is 10.0 Å². The summed E-state index contributed by atoms with van der Waals surface area (Å²) < 4.78 is 1.05. The van der Waals surface area contributed by atoms with Crippen LogP contribution >= 0.6 is 15.9 Å². The van der Waals surface area contributed by atoms with Crippen molar-refractivity contribution in [2.45, 2.75) is 39.2 Å². The molecule has 0 aromatic heterocycles. The second kappa shape index (κ2) is 4.88. The van der Waals surface area contributed by atoms with Crippen molar-refractivity contribution < 1.29 is 0 Å². The molecule has 0 radical (unpaired) electrons. The fraction of sp³-hybridized carbons (Fsp3) is 0.500. The molecule has 0 bridgehead atoms. The third-order valence-electron chi connectivity index (χ3n) is 3.01. The Bertz CT molecular complexity index is 332. The van der Waals surface area contributed by atoms with Gasteiger partial charge in [-0.05, 0) is 38.0 Å². The third-order valence-corrected chi connectivity index (χ3v) is 3.51. The van der Waals surface area contributed by atoms with Gasteiger partial charge in [0.1, 0.15) is 0 Å². The van der Waals surface area contributed by atoms with Crippen LogP contribution in [0, 0.1) is 0 Å². The van der Waals surface area contributed by atoms with Crippen molar-refractivity contribution in [1.82, 2.24) is 0 Å². The molecule has 1 aromatic rings. The minimum absolute atomic E-state index is 0.120. The molecule has 0 atom stereocenters. The molecule has 2 nitrogen and oxygen atoms in total. The van der Waals surface area contributed by atoms with E-state index in [0.29, 0.717) is 0 Å². The van der Waals surface area contributed by atoms with Gasteiger partial charge in [0.15, 0.2) is 0 Å². The zero-order valence-electron chi connectivity index (χ0n) is 9.60. The monoisotopic (exact) mass is 270 g/mol. The van der Waals surface area contributed by atoms with E-state index in [1.54, 1.807) is 0 Å². The summed E-state index contributed by atoms with van der Waals surface area (Å²) in [6.07, 6.45) is 2.16. The first-order chi connectivity index (χ1) is 7.00. The van der Waals surface area contributed by atoms with E-state index in [9.17, 15) is 0 Å². The lowest BCUT2D eigenvalue weighted by Gasteiger charge is -2.30. The van der Waals surface area contributed by atoms with Gasteiger partial charge in [-0.25, -0.2) is 0 Å². The van der Waals surface area contributed by atoms with E-state index in [0.717, 1.165) is 28.7 Å². The van der Waals surface area contributed by atoms with Gasteiger partial charge in [0.25, 0.3) is 0 Å². The van der Waals surface area contributed by atoms with Crippen molar-refractivity contribution in [3.05, 3.63) is 22.7 Å². The average Bonchev–Trinajstić information content (AvgIpc) is 2.23. The first-order valence-corrected chi connectivity index (χ1v) is 6.13. The second-order valence-corrected chi connectivity index (χ2v) is 5.04. The molecule has 3 heteroatoms. The summed E-state index contributed by atoms with van der Waals surface area (Å²) in [5.41, 5.74) is 7.85. The Morgan fingerprint density at radius 2 is 1.93 bits per heavy atom. The quantitative estimate of drug-likeness (QED) is 0.811. The van der Waals surface area contributed by atoms with Crippen LogP contribution in [0.4, 0.5) is 11.4 Å². The molecule has 1 rings (SSSR count). The molecule has 0 aliphatic carbocycles. The number of hydrogen-bond donors (Lipinski definition) is 2. The minimum atomic E-state index is 0.120. The maximum absolute atomic E-state index is 5.92. The lowest BCUT2D eigenvalue weighted by molar-refractivity contribution is 0.479. The lowest BCUT2D eigenvalue weighted by atomic mass is 9.95. The van der Waals surface area contributed by atoms with Crippen LogP contribution in [0.3, 0.4) is 0 Å². The minimum Gasteiger partial charge on any atom is -0.397 e. The normalized spacial score (nSPS) is 11.5. The van der Waals surface area contributed by atoms with E-state index in [1.165, 1.54) is 0 Å². The van der Waals surface area contributed by atoms with Gasteiger partial charge >= 0.3 is 0 Å². The number of nitrogens with one attached hydrogen (secondary N) is 1. The predicted molar refractivity (Wildman–Crippen MR) is 71.2 cm³/mol. The highest BCUT2D eigenvalue weighted by Gasteiger charge is 2.19. The molecule has 3 N–H and O–H groups in total. The number of nitrogens with two attached hydrogens (primary N) is 1. The van der Waals surface area contributed by atoms with Crippen LogP contribution in [0.1, 0.15) is 33.6 Å². The van der Waals surface area contributed by atoms with Gasteiger partial charge in [-0.3, -0.25) is 0 Å². The van der Waals surface area contributed by atoms with Crippen LogP contribution in [0.25, 0.3) is 0 Å². The van der Waals surface area contributed by atoms with Crippen LogP contribution in [0.15, 0.2) is 22.7 Å². The molecule has 0 amide bonds. The first-order valence-electron chi connectivity index (χ1n) is 5.34. The predicted octanol–water partition coefficient (Wildman–Crippen LogP) is 4.02. The van der Waals surface area contributed by atoms with E-state index >= 15 is 0 Å². The molecule has 0 fully saturated rings. The summed E-state index contributed by atoms with van der Waals surface area (Å²) in [4.78, 5) is 0. The van der Waals surface area contributed by atoms with Crippen LogP contribution in [-0.4, -0.2) is 5.54 Å². The molecule has 1 aromatic carbocycles. The molecule has 0 aliphatic rings. The molecule has 0 unspecified atom stereocenters. The number of rotatable bonds is 4. The lowest BCUT2D eigenvalue weighted by Crippen LogP contribution is -2.33. The van der Waals surface area contributed by atoms with E-state index in [4.69, 9.17) is 5.73 Å². The first kappa shape index (κ1) is 12.4. The number of hydrogen-bond acceptors (Lipinski definition) is 2. The molecule has 15 heavy (non-hydrogen) atoms. The molecular formula is C12H19BrN2. The molecule has 0 saturated carbocycles. The Morgan fingerprint density at radius 1 is 1.33 bits per heavy atom. The summed E-state index contributed by atoms with van der Waals surface area (Å²) >= 11 is 3.45. The SMILES string of the molecule is CCC(C)(CC)Nc1cc(Br)ccc1N. The van der Waals surface area contributed by atoms with E-state index in [-0.39, 0.29) is 5.54 Å². The zero-order valence-corrected chi connectivity index (χ0v) is 11.2. The highest BCUT2D eigenvalue weighted by atomic mass is 79.9. The van der Waals surface area contributed by atoms with Gasteiger partial charge in [-0.1, -0.05) is 29.8 Å². The van der Waals surface area contributed by atoms with E-state index < -0.39 is 0 Å². The van der Waals surface area contributed by atoms with Crippen LogP contribution in [0.5, 0.6) is 0 Å². The summed E-state index contributed by atoms with van der Waals surface area (Å²) in [6.45, 7) is 6.59. The topological polar surface area (TPSA) is 38.0 Å². The Balaban J connectivity index is 2.92. The molecular weight excluding hydrogens is 252 g/mol. The van der Waals surface area contributed by atoms with Crippen molar-refractivity contribution in [3.63, 3.8) is 0 Å². The van der Waals surface area contributed by atoms with Crippen molar-refractivity contribution in [1.29, 1.82) is 0 Å². The molecule has 0 aliphatic heterocycles. The number of halogens is 1. The maximum Gasteiger partial charge on any atom is 0.0589 e. The second-order valence-electron chi connectivity index (χ2n) is 4.12. The van der Waals surface area contributed by atoms with Crippen LogP contribution < -0.4 is 11.1 Å². The Kier molecular flexibility index (Phi) is 4.03. The van der Waals surface area contributed by atoms with Crippen LogP contribution in [0.2, 0.25) is 0 Å². The standard InChI is InChI=1S/C12H19BrN2/c1-4-12(3,5-2)15-11-8-9(13)6-7-10(11)14/h6-8,15H,4-5,14H2,1-3H3. The average molecular weight is 271 g/mol.